The number of non-ortho nitro benzene ring substituents is 1. The van der Waals surface area contributed by atoms with E-state index in [0.717, 1.165) is 11.3 Å². The number of para-hydroxylation sites is 1. The van der Waals surface area contributed by atoms with Gasteiger partial charge in [0.2, 0.25) is 0 Å². The Kier molecular flexibility index (Phi) is 11.4. The van der Waals surface area contributed by atoms with Gasteiger partial charge in [0, 0.05) is 36.2 Å². The highest BCUT2D eigenvalue weighted by Crippen LogP contribution is 2.15. The maximum absolute atomic E-state index is 10.1. The molecule has 0 spiro atoms. The monoisotopic (exact) mass is 362 g/mol. The molecule has 2 rings (SSSR count). The number of nitrogens with zero attached hydrogens (tertiary/aromatic N) is 1. The molecule has 0 aromatic heterocycles. The summed E-state index contributed by atoms with van der Waals surface area (Å²) in [5.74, 6) is 0.120. The first-order valence-corrected chi connectivity index (χ1v) is 7.62. The summed E-state index contributed by atoms with van der Waals surface area (Å²) in [6.45, 7) is 2.13. The number of rotatable bonds is 5. The van der Waals surface area contributed by atoms with E-state index < -0.39 is 10.9 Å². The largest absolute Gasteiger partial charge is 0.496 e. The zero-order valence-corrected chi connectivity index (χ0v) is 14.6. The van der Waals surface area contributed by atoms with Crippen molar-refractivity contribution in [3.8, 4) is 5.75 Å². The number of benzene rings is 2. The Morgan fingerprint density at radius 2 is 1.77 bits per heavy atom. The minimum atomic E-state index is -0.745. The third kappa shape index (κ3) is 9.14. The predicted octanol–water partition coefficient (Wildman–Crippen LogP) is 3.04. The van der Waals surface area contributed by atoms with Crippen molar-refractivity contribution in [3.05, 3.63) is 69.8 Å². The summed E-state index contributed by atoms with van der Waals surface area (Å²) >= 11 is 0. The Labute approximate surface area is 151 Å². The summed E-state index contributed by atoms with van der Waals surface area (Å²) in [5, 5.41) is 17.8. The van der Waals surface area contributed by atoms with Crippen molar-refractivity contribution >= 4 is 17.9 Å². The first kappa shape index (κ1) is 22.7. The second-order valence-electron chi connectivity index (χ2n) is 4.73. The fourth-order valence-electron chi connectivity index (χ4n) is 1.55. The quantitative estimate of drug-likeness (QED) is 0.474. The third-order valence-corrected chi connectivity index (χ3v) is 2.95. The van der Waals surface area contributed by atoms with E-state index in [9.17, 15) is 19.7 Å². The highest BCUT2D eigenvalue weighted by molar-refractivity contribution is 5.75. The van der Waals surface area contributed by atoms with Gasteiger partial charge in [-0.1, -0.05) is 25.1 Å². The SMILES string of the molecule is CCC(=O)O.COc1ccccc1CN.O=Cc1ccc([N+](=O)[O-])cc1. The number of carboxylic acids is 1. The van der Waals surface area contributed by atoms with Crippen molar-refractivity contribution in [2.75, 3.05) is 7.11 Å². The van der Waals surface area contributed by atoms with Crippen molar-refractivity contribution < 1.29 is 24.4 Å². The number of carbonyl (C=O) groups excluding carboxylic acids is 1. The Morgan fingerprint density at radius 1 is 1.23 bits per heavy atom. The van der Waals surface area contributed by atoms with Gasteiger partial charge in [-0.05, 0) is 18.2 Å². The molecular formula is C18H22N2O6. The number of aliphatic carboxylic acids is 1. The second-order valence-corrected chi connectivity index (χ2v) is 4.73. The average Bonchev–Trinajstić information content (AvgIpc) is 2.68. The number of nitro groups is 1. The van der Waals surface area contributed by atoms with E-state index in [2.05, 4.69) is 0 Å². The summed E-state index contributed by atoms with van der Waals surface area (Å²) in [6.07, 6.45) is 0.865. The molecule has 3 N–H and O–H groups in total. The van der Waals surface area contributed by atoms with Crippen LogP contribution < -0.4 is 10.5 Å². The second kappa shape index (κ2) is 13.1. The van der Waals surface area contributed by atoms with Gasteiger partial charge in [0.15, 0.2) is 0 Å². The molecule has 26 heavy (non-hydrogen) atoms. The number of hydrogen-bond donors (Lipinski definition) is 2. The number of ether oxygens (including phenoxy) is 1. The van der Waals surface area contributed by atoms with E-state index in [0.29, 0.717) is 18.4 Å². The summed E-state index contributed by atoms with van der Waals surface area (Å²) in [5.41, 5.74) is 6.93. The topological polar surface area (TPSA) is 133 Å². The van der Waals surface area contributed by atoms with Crippen LogP contribution in [0.4, 0.5) is 5.69 Å². The van der Waals surface area contributed by atoms with Crippen LogP contribution in [0.15, 0.2) is 48.5 Å². The Balaban J connectivity index is 0.000000387. The molecule has 2 aromatic rings. The molecule has 0 radical (unpaired) electrons. The average molecular weight is 362 g/mol. The Bertz CT molecular complexity index is 678. The van der Waals surface area contributed by atoms with Gasteiger partial charge in [0.1, 0.15) is 12.0 Å². The Hall–Kier alpha value is -3.26. The van der Waals surface area contributed by atoms with Crippen LogP contribution in [-0.2, 0) is 11.3 Å². The van der Waals surface area contributed by atoms with Gasteiger partial charge >= 0.3 is 5.97 Å². The van der Waals surface area contributed by atoms with Crippen molar-refractivity contribution in [1.82, 2.24) is 0 Å². The van der Waals surface area contributed by atoms with Gasteiger partial charge in [-0.3, -0.25) is 19.7 Å². The van der Waals surface area contributed by atoms with Crippen LogP contribution in [-0.4, -0.2) is 29.4 Å². The molecule has 0 saturated heterocycles. The maximum atomic E-state index is 10.1. The van der Waals surface area contributed by atoms with Gasteiger partial charge in [0.05, 0.1) is 12.0 Å². The van der Waals surface area contributed by atoms with E-state index >= 15 is 0 Å². The fraction of sp³-hybridized carbons (Fsp3) is 0.222. The molecule has 0 bridgehead atoms. The molecule has 0 aliphatic heterocycles. The zero-order chi connectivity index (χ0) is 19.9. The smallest absolute Gasteiger partial charge is 0.303 e. The highest BCUT2D eigenvalue weighted by Gasteiger charge is 2.02. The van der Waals surface area contributed by atoms with E-state index in [-0.39, 0.29) is 12.1 Å². The van der Waals surface area contributed by atoms with E-state index in [1.165, 1.54) is 24.3 Å². The fourth-order valence-corrected chi connectivity index (χ4v) is 1.55. The number of nitro benzene ring substituents is 1. The summed E-state index contributed by atoms with van der Waals surface area (Å²) in [7, 11) is 1.65. The third-order valence-electron chi connectivity index (χ3n) is 2.95. The lowest BCUT2D eigenvalue weighted by Gasteiger charge is -2.03. The zero-order valence-electron chi connectivity index (χ0n) is 14.6. The van der Waals surface area contributed by atoms with Crippen molar-refractivity contribution in [2.45, 2.75) is 19.9 Å². The Morgan fingerprint density at radius 3 is 2.12 bits per heavy atom. The molecule has 2 aromatic carbocycles. The van der Waals surface area contributed by atoms with Crippen molar-refractivity contribution in [1.29, 1.82) is 0 Å². The van der Waals surface area contributed by atoms with Crippen LogP contribution in [0.25, 0.3) is 0 Å². The lowest BCUT2D eigenvalue weighted by atomic mass is 10.2. The molecule has 8 nitrogen and oxygen atoms in total. The molecule has 0 heterocycles. The van der Waals surface area contributed by atoms with Gasteiger partial charge in [-0.25, -0.2) is 0 Å². The normalized spacial score (nSPS) is 8.88. The van der Waals surface area contributed by atoms with Crippen LogP contribution in [0.2, 0.25) is 0 Å². The van der Waals surface area contributed by atoms with E-state index in [1.807, 2.05) is 24.3 Å². The van der Waals surface area contributed by atoms with Crippen molar-refractivity contribution in [2.24, 2.45) is 5.73 Å². The minimum absolute atomic E-state index is 0.00407. The summed E-state index contributed by atoms with van der Waals surface area (Å²) in [6, 6.07) is 13.1. The van der Waals surface area contributed by atoms with Gasteiger partial charge < -0.3 is 15.6 Å². The molecule has 0 amide bonds. The predicted molar refractivity (Wildman–Crippen MR) is 97.3 cm³/mol. The van der Waals surface area contributed by atoms with Crippen LogP contribution >= 0.6 is 0 Å². The standard InChI is InChI=1S/C8H11NO.C7H5NO3.C3H6O2/c1-10-8-5-3-2-4-7(8)6-9;9-5-6-1-3-7(4-2-6)8(10)11;1-2-3(4)5/h2-5H,6,9H2,1H3;1-5H;2H2,1H3,(H,4,5). The first-order valence-electron chi connectivity index (χ1n) is 7.62. The van der Waals surface area contributed by atoms with Crippen LogP contribution in [0.3, 0.4) is 0 Å². The lowest BCUT2D eigenvalue weighted by molar-refractivity contribution is -0.384. The van der Waals surface area contributed by atoms with Crippen LogP contribution in [0.5, 0.6) is 5.75 Å². The van der Waals surface area contributed by atoms with E-state index in [4.69, 9.17) is 15.6 Å². The van der Waals surface area contributed by atoms with Crippen LogP contribution in [0, 0.1) is 10.1 Å². The number of hydrogen-bond acceptors (Lipinski definition) is 6. The molecule has 0 atom stereocenters. The maximum Gasteiger partial charge on any atom is 0.303 e. The molecule has 0 aliphatic carbocycles. The number of nitrogens with two attached hydrogens (primary N) is 1. The molecule has 0 aliphatic rings. The molecule has 0 unspecified atom stereocenters. The van der Waals surface area contributed by atoms with Gasteiger partial charge in [0.25, 0.3) is 5.69 Å². The number of methoxy groups -OCH3 is 1. The number of carboxylic acid groups (broad SMARTS) is 1. The van der Waals surface area contributed by atoms with E-state index in [1.54, 1.807) is 14.0 Å². The van der Waals surface area contributed by atoms with Crippen LogP contribution in [0.1, 0.15) is 29.3 Å². The first-order chi connectivity index (χ1) is 12.4. The van der Waals surface area contributed by atoms with Gasteiger partial charge in [-0.2, -0.15) is 0 Å². The molecule has 0 saturated carbocycles. The minimum Gasteiger partial charge on any atom is -0.496 e. The molecule has 140 valence electrons. The lowest BCUT2D eigenvalue weighted by Crippen LogP contribution is -1.98. The molecule has 0 fully saturated rings. The summed E-state index contributed by atoms with van der Waals surface area (Å²) in [4.78, 5) is 29.1. The molecule has 8 heteroatoms. The van der Waals surface area contributed by atoms with Gasteiger partial charge in [-0.15, -0.1) is 0 Å². The number of aldehydes is 1. The number of carbonyl (C=O) groups is 2. The highest BCUT2D eigenvalue weighted by atomic mass is 16.6. The summed E-state index contributed by atoms with van der Waals surface area (Å²) < 4.78 is 5.06. The van der Waals surface area contributed by atoms with Crippen molar-refractivity contribution in [3.63, 3.8) is 0 Å². The molecular weight excluding hydrogens is 340 g/mol.